The van der Waals surface area contributed by atoms with E-state index in [4.69, 9.17) is 9.66 Å². The molecule has 0 amide bonds. The molecule has 0 atom stereocenters. The van der Waals surface area contributed by atoms with Crippen LogP contribution < -0.4 is 5.14 Å². The van der Waals surface area contributed by atoms with Gasteiger partial charge in [-0.25, -0.2) is 13.6 Å². The van der Waals surface area contributed by atoms with Gasteiger partial charge in [0, 0.05) is 5.56 Å². The molecule has 6 nitrogen and oxygen atoms in total. The minimum atomic E-state index is -5.04. The van der Waals surface area contributed by atoms with Gasteiger partial charge in [-0.3, -0.25) is 4.79 Å². The number of sulfonamides is 1. The van der Waals surface area contributed by atoms with Crippen LogP contribution in [0.5, 0.6) is 0 Å². The van der Waals surface area contributed by atoms with E-state index < -0.39 is 28.4 Å². The fraction of sp³-hybridized carbons (Fsp3) is 0.111. The Labute approximate surface area is 157 Å². The van der Waals surface area contributed by atoms with Gasteiger partial charge in [-0.1, -0.05) is 47.6 Å². The average molecular weight is 410 g/mol. The van der Waals surface area contributed by atoms with E-state index in [1.807, 2.05) is 0 Å². The Morgan fingerprint density at radius 2 is 1.68 bits per heavy atom. The largest absolute Gasteiger partial charge is 0.450 e. The van der Waals surface area contributed by atoms with Crippen LogP contribution in [0.4, 0.5) is 13.2 Å². The van der Waals surface area contributed by atoms with E-state index in [1.165, 1.54) is 24.3 Å². The molecule has 0 saturated carbocycles. The number of carbonyl (C=O) groups excluding carboxylic acids is 1. The number of carbonyl (C=O) groups is 1. The quantitative estimate of drug-likeness (QED) is 0.695. The van der Waals surface area contributed by atoms with Gasteiger partial charge >= 0.3 is 6.18 Å². The van der Waals surface area contributed by atoms with Crippen LogP contribution in [-0.2, 0) is 21.2 Å². The minimum Gasteiger partial charge on any atom is -0.360 e. The molecule has 0 saturated heterocycles. The van der Waals surface area contributed by atoms with E-state index >= 15 is 0 Å². The molecule has 0 spiro atoms. The highest BCUT2D eigenvalue weighted by Crippen LogP contribution is 2.36. The third kappa shape index (κ3) is 4.12. The van der Waals surface area contributed by atoms with Crippen molar-refractivity contribution in [1.82, 2.24) is 5.16 Å². The van der Waals surface area contributed by atoms with Crippen molar-refractivity contribution in [3.63, 3.8) is 0 Å². The zero-order valence-electron chi connectivity index (χ0n) is 14.1. The second-order valence-electron chi connectivity index (χ2n) is 5.87. The van der Waals surface area contributed by atoms with Gasteiger partial charge < -0.3 is 4.52 Å². The van der Waals surface area contributed by atoms with Gasteiger partial charge in [0.05, 0.1) is 16.9 Å². The van der Waals surface area contributed by atoms with E-state index in [0.29, 0.717) is 5.56 Å². The maximum Gasteiger partial charge on any atom is 0.450 e. The first-order chi connectivity index (χ1) is 13.1. The monoisotopic (exact) mass is 410 g/mol. The zero-order chi connectivity index (χ0) is 20.5. The Balaban J connectivity index is 2.19. The summed E-state index contributed by atoms with van der Waals surface area (Å²) in [6.45, 7) is 0. The summed E-state index contributed by atoms with van der Waals surface area (Å²) in [4.78, 5) is 11.2. The minimum absolute atomic E-state index is 0.0919. The molecule has 0 radical (unpaired) electrons. The molecule has 0 unspecified atom stereocenters. The first-order valence-corrected chi connectivity index (χ1v) is 9.39. The maximum atomic E-state index is 12.7. The summed E-state index contributed by atoms with van der Waals surface area (Å²) in [5, 5.41) is 8.95. The van der Waals surface area contributed by atoms with E-state index in [1.54, 1.807) is 30.3 Å². The molecule has 2 N–H and O–H groups in total. The van der Waals surface area contributed by atoms with E-state index in [2.05, 4.69) is 5.16 Å². The van der Waals surface area contributed by atoms with Crippen molar-refractivity contribution in [2.24, 2.45) is 5.14 Å². The van der Waals surface area contributed by atoms with Gasteiger partial charge in [0.2, 0.25) is 15.8 Å². The number of benzene rings is 2. The van der Waals surface area contributed by atoms with Crippen molar-refractivity contribution in [1.29, 1.82) is 0 Å². The van der Waals surface area contributed by atoms with Gasteiger partial charge in [-0.05, 0) is 17.7 Å². The zero-order valence-corrected chi connectivity index (χ0v) is 14.9. The molecule has 0 bridgehead atoms. The van der Waals surface area contributed by atoms with Crippen LogP contribution in [0.2, 0.25) is 0 Å². The molecular weight excluding hydrogens is 397 g/mol. The fourth-order valence-electron chi connectivity index (χ4n) is 2.61. The molecule has 10 heteroatoms. The Bertz CT molecular complexity index is 1120. The Morgan fingerprint density at radius 1 is 1.04 bits per heavy atom. The number of nitrogens with two attached hydrogens (primary N) is 1. The average Bonchev–Trinajstić information content (AvgIpc) is 3.04. The third-order valence-corrected chi connectivity index (χ3v) is 4.81. The molecule has 3 aromatic rings. The number of hydrogen-bond donors (Lipinski definition) is 1. The van der Waals surface area contributed by atoms with Crippen LogP contribution in [0.25, 0.3) is 22.4 Å². The van der Waals surface area contributed by atoms with Crippen LogP contribution in [0, 0.1) is 0 Å². The second kappa shape index (κ2) is 7.21. The Hall–Kier alpha value is -2.98. The van der Waals surface area contributed by atoms with Crippen molar-refractivity contribution >= 4 is 15.8 Å². The number of Topliss-reactive ketones (excluding diaryl/α,β-unsaturated/α-hetero) is 1. The number of alkyl halides is 3. The van der Waals surface area contributed by atoms with Gasteiger partial charge in [-0.2, -0.15) is 13.2 Å². The summed E-state index contributed by atoms with van der Waals surface area (Å²) in [6, 6.07) is 13.7. The van der Waals surface area contributed by atoms with Crippen molar-refractivity contribution < 1.29 is 30.9 Å². The summed E-state index contributed by atoms with van der Waals surface area (Å²) >= 11 is 0. The Morgan fingerprint density at radius 3 is 2.29 bits per heavy atom. The lowest BCUT2D eigenvalue weighted by Crippen LogP contribution is -2.24. The van der Waals surface area contributed by atoms with Crippen LogP contribution in [0.3, 0.4) is 0 Å². The van der Waals surface area contributed by atoms with Crippen LogP contribution in [0.15, 0.2) is 64.0 Å². The molecular formula is C18H13F3N2O4S. The predicted molar refractivity (Wildman–Crippen MR) is 93.5 cm³/mol. The lowest BCUT2D eigenvalue weighted by Gasteiger charge is -2.08. The van der Waals surface area contributed by atoms with Crippen molar-refractivity contribution in [2.45, 2.75) is 17.5 Å². The summed E-state index contributed by atoms with van der Waals surface area (Å²) in [7, 11) is -4.05. The highest BCUT2D eigenvalue weighted by Gasteiger charge is 2.39. The first-order valence-electron chi connectivity index (χ1n) is 7.84. The maximum absolute atomic E-state index is 12.7. The Kier molecular flexibility index (Phi) is 5.09. The van der Waals surface area contributed by atoms with E-state index in [9.17, 15) is 26.4 Å². The second-order valence-corrected chi connectivity index (χ2v) is 7.43. The van der Waals surface area contributed by atoms with Gasteiger partial charge in [0.25, 0.3) is 0 Å². The SMILES string of the molecule is NS(=O)(=O)c1cccc(-c2c(-c3ccccc3)noc2CC(=O)C(F)(F)F)c1. The molecule has 0 aliphatic heterocycles. The van der Waals surface area contributed by atoms with Gasteiger partial charge in [-0.15, -0.1) is 0 Å². The normalized spacial score (nSPS) is 12.1. The standard InChI is InChI=1S/C18H13F3N2O4S/c19-18(20,21)15(24)10-14-16(12-7-4-8-13(9-12)28(22,25)26)17(23-27-14)11-5-2-1-3-6-11/h1-9H,10H2,(H2,22,25,26). The molecule has 3 rings (SSSR count). The molecule has 146 valence electrons. The highest BCUT2D eigenvalue weighted by atomic mass is 32.2. The molecule has 28 heavy (non-hydrogen) atoms. The number of nitrogens with zero attached hydrogens (tertiary/aromatic N) is 1. The highest BCUT2D eigenvalue weighted by molar-refractivity contribution is 7.89. The molecule has 1 aromatic heterocycles. The van der Waals surface area contributed by atoms with E-state index in [0.717, 1.165) is 0 Å². The van der Waals surface area contributed by atoms with Crippen LogP contribution in [0.1, 0.15) is 5.76 Å². The van der Waals surface area contributed by atoms with Gasteiger partial charge in [0.15, 0.2) is 5.76 Å². The van der Waals surface area contributed by atoms with Crippen molar-refractivity contribution in [3.05, 3.63) is 60.4 Å². The number of rotatable bonds is 5. The predicted octanol–water partition coefficient (Wildman–Crippen LogP) is 3.33. The first kappa shape index (κ1) is 19.8. The fourth-order valence-corrected chi connectivity index (χ4v) is 3.17. The molecule has 0 fully saturated rings. The summed E-state index contributed by atoms with van der Waals surface area (Å²) < 4.78 is 66.5. The van der Waals surface area contributed by atoms with Gasteiger partial charge in [0.1, 0.15) is 5.69 Å². The van der Waals surface area contributed by atoms with E-state index in [-0.39, 0.29) is 27.5 Å². The summed E-state index contributed by atoms with van der Waals surface area (Å²) in [5.74, 6) is -2.33. The smallest absolute Gasteiger partial charge is 0.360 e. The molecule has 2 aromatic carbocycles. The lowest BCUT2D eigenvalue weighted by atomic mass is 9.97. The number of halogens is 3. The van der Waals surface area contributed by atoms with Crippen molar-refractivity contribution in [3.8, 4) is 22.4 Å². The summed E-state index contributed by atoms with van der Waals surface area (Å²) in [5.41, 5.74) is 0.996. The third-order valence-electron chi connectivity index (χ3n) is 3.90. The molecule has 0 aliphatic carbocycles. The number of ketones is 1. The topological polar surface area (TPSA) is 103 Å². The lowest BCUT2D eigenvalue weighted by molar-refractivity contribution is -0.170. The van der Waals surface area contributed by atoms with Crippen LogP contribution >= 0.6 is 0 Å². The summed E-state index contributed by atoms with van der Waals surface area (Å²) in [6.07, 6.45) is -6.11. The van der Waals surface area contributed by atoms with Crippen molar-refractivity contribution in [2.75, 3.05) is 0 Å². The number of aromatic nitrogens is 1. The number of hydrogen-bond acceptors (Lipinski definition) is 5. The van der Waals surface area contributed by atoms with Crippen LogP contribution in [-0.4, -0.2) is 25.5 Å². The number of primary sulfonamides is 1. The molecule has 1 heterocycles. The molecule has 0 aliphatic rings.